The summed E-state index contributed by atoms with van der Waals surface area (Å²) in [7, 11) is 0. The maximum absolute atomic E-state index is 6.11. The topological polar surface area (TPSA) is 38.0 Å². The molecule has 1 fully saturated rings. The Balaban J connectivity index is 2.21. The normalized spacial score (nSPS) is 32.2. The molecule has 2 heteroatoms. The fourth-order valence-electron chi connectivity index (χ4n) is 3.22. The zero-order valence-corrected chi connectivity index (χ0v) is 11.9. The van der Waals surface area contributed by atoms with Crippen molar-refractivity contribution >= 4 is 5.69 Å². The summed E-state index contributed by atoms with van der Waals surface area (Å²) in [5.74, 6) is 1.46. The van der Waals surface area contributed by atoms with E-state index in [0.29, 0.717) is 5.92 Å². The van der Waals surface area contributed by atoms with Gasteiger partial charge in [-0.05, 0) is 49.7 Å². The van der Waals surface area contributed by atoms with Crippen LogP contribution in [0, 0.1) is 18.8 Å². The van der Waals surface area contributed by atoms with Gasteiger partial charge in [-0.1, -0.05) is 32.0 Å². The van der Waals surface area contributed by atoms with Crippen molar-refractivity contribution in [2.75, 3.05) is 11.9 Å². The number of hydrogen-bond acceptors (Lipinski definition) is 2. The number of nitrogens with two attached hydrogens (primary N) is 1. The predicted molar refractivity (Wildman–Crippen MR) is 78.8 cm³/mol. The third kappa shape index (κ3) is 2.54. The van der Waals surface area contributed by atoms with Crippen LogP contribution in [0.2, 0.25) is 0 Å². The summed E-state index contributed by atoms with van der Waals surface area (Å²) in [6.07, 6.45) is 3.73. The number of aryl methyl sites for hydroxylation is 1. The third-order valence-corrected chi connectivity index (χ3v) is 4.68. The van der Waals surface area contributed by atoms with Crippen LogP contribution >= 0.6 is 0 Å². The summed E-state index contributed by atoms with van der Waals surface area (Å²) < 4.78 is 0. The smallest absolute Gasteiger partial charge is 0.0521 e. The van der Waals surface area contributed by atoms with Crippen molar-refractivity contribution in [2.24, 2.45) is 17.6 Å². The van der Waals surface area contributed by atoms with Crippen LogP contribution in [-0.2, 0) is 0 Å². The number of para-hydroxylation sites is 1. The van der Waals surface area contributed by atoms with Gasteiger partial charge in [-0.3, -0.25) is 0 Å². The summed E-state index contributed by atoms with van der Waals surface area (Å²) in [6.45, 7) is 7.57. The Morgan fingerprint density at radius 2 is 2.06 bits per heavy atom. The van der Waals surface area contributed by atoms with Gasteiger partial charge in [0.2, 0.25) is 0 Å². The first-order valence-corrected chi connectivity index (χ1v) is 7.11. The maximum atomic E-state index is 6.11. The highest BCUT2D eigenvalue weighted by Crippen LogP contribution is 2.38. The zero-order valence-electron chi connectivity index (χ0n) is 11.9. The lowest BCUT2D eigenvalue weighted by molar-refractivity contribution is 0.189. The van der Waals surface area contributed by atoms with Crippen molar-refractivity contribution < 1.29 is 0 Å². The van der Waals surface area contributed by atoms with E-state index >= 15 is 0 Å². The number of rotatable bonds is 3. The molecule has 0 bridgehead atoms. The highest BCUT2D eigenvalue weighted by atomic mass is 15.0. The van der Waals surface area contributed by atoms with Gasteiger partial charge in [0.25, 0.3) is 0 Å². The Bertz CT molecular complexity index is 402. The molecule has 3 unspecified atom stereocenters. The molecule has 2 nitrogen and oxygen atoms in total. The lowest BCUT2D eigenvalue weighted by Crippen LogP contribution is -2.53. The molecule has 3 atom stereocenters. The molecule has 2 rings (SSSR count). The lowest BCUT2D eigenvalue weighted by Gasteiger charge is -2.45. The number of nitrogens with one attached hydrogen (secondary N) is 1. The van der Waals surface area contributed by atoms with E-state index in [2.05, 4.69) is 50.4 Å². The van der Waals surface area contributed by atoms with Crippen LogP contribution in [0.25, 0.3) is 0 Å². The molecule has 1 saturated carbocycles. The SMILES string of the molecule is Cc1ccccc1NC1(CN)CCC(C)CC1C. The van der Waals surface area contributed by atoms with E-state index in [-0.39, 0.29) is 5.54 Å². The van der Waals surface area contributed by atoms with Crippen LogP contribution in [-0.4, -0.2) is 12.1 Å². The van der Waals surface area contributed by atoms with E-state index in [1.807, 2.05) is 0 Å². The average Bonchev–Trinajstić information content (AvgIpc) is 2.36. The largest absolute Gasteiger partial charge is 0.378 e. The van der Waals surface area contributed by atoms with Gasteiger partial charge in [0.15, 0.2) is 0 Å². The van der Waals surface area contributed by atoms with Gasteiger partial charge in [0.1, 0.15) is 0 Å². The molecule has 1 aliphatic rings. The molecular weight excluding hydrogens is 220 g/mol. The van der Waals surface area contributed by atoms with Crippen LogP contribution in [0.3, 0.4) is 0 Å². The molecule has 1 aliphatic carbocycles. The Morgan fingerprint density at radius 3 is 2.67 bits per heavy atom. The van der Waals surface area contributed by atoms with Gasteiger partial charge in [-0.2, -0.15) is 0 Å². The molecule has 0 radical (unpaired) electrons. The van der Waals surface area contributed by atoms with Gasteiger partial charge in [0, 0.05) is 12.2 Å². The second kappa shape index (κ2) is 5.31. The van der Waals surface area contributed by atoms with E-state index in [0.717, 1.165) is 12.5 Å². The molecule has 0 spiro atoms. The Morgan fingerprint density at radius 1 is 1.33 bits per heavy atom. The Hall–Kier alpha value is -1.02. The summed E-state index contributed by atoms with van der Waals surface area (Å²) in [6, 6.07) is 8.50. The van der Waals surface area contributed by atoms with Crippen molar-refractivity contribution in [3.05, 3.63) is 29.8 Å². The van der Waals surface area contributed by atoms with Crippen LogP contribution < -0.4 is 11.1 Å². The second-order valence-electron chi connectivity index (χ2n) is 6.08. The van der Waals surface area contributed by atoms with Crippen LogP contribution in [0.1, 0.15) is 38.7 Å². The molecular formula is C16H26N2. The van der Waals surface area contributed by atoms with Gasteiger partial charge >= 0.3 is 0 Å². The first-order chi connectivity index (χ1) is 8.57. The second-order valence-corrected chi connectivity index (χ2v) is 6.08. The standard InChI is InChI=1S/C16H26N2/c1-12-8-9-16(11-17,14(3)10-12)18-15-7-5-4-6-13(15)2/h4-7,12,14,18H,8-11,17H2,1-3H3. The van der Waals surface area contributed by atoms with Gasteiger partial charge < -0.3 is 11.1 Å². The highest BCUT2D eigenvalue weighted by molar-refractivity contribution is 5.52. The molecule has 0 aliphatic heterocycles. The molecule has 18 heavy (non-hydrogen) atoms. The summed E-state index contributed by atoms with van der Waals surface area (Å²) in [5.41, 5.74) is 8.73. The molecule has 100 valence electrons. The number of hydrogen-bond donors (Lipinski definition) is 2. The molecule has 0 amide bonds. The molecule has 0 aromatic heterocycles. The first kappa shape index (κ1) is 13.4. The zero-order chi connectivity index (χ0) is 13.2. The minimum atomic E-state index is 0.0820. The minimum absolute atomic E-state index is 0.0820. The molecule has 1 aromatic carbocycles. The van der Waals surface area contributed by atoms with Crippen molar-refractivity contribution in [3.63, 3.8) is 0 Å². The monoisotopic (exact) mass is 246 g/mol. The fraction of sp³-hybridized carbons (Fsp3) is 0.625. The van der Waals surface area contributed by atoms with E-state index in [1.54, 1.807) is 0 Å². The van der Waals surface area contributed by atoms with E-state index in [1.165, 1.54) is 30.5 Å². The molecule has 1 aromatic rings. The van der Waals surface area contributed by atoms with E-state index in [4.69, 9.17) is 5.73 Å². The first-order valence-electron chi connectivity index (χ1n) is 7.11. The van der Waals surface area contributed by atoms with Crippen molar-refractivity contribution in [1.29, 1.82) is 0 Å². The Kier molecular flexibility index (Phi) is 3.96. The van der Waals surface area contributed by atoms with E-state index in [9.17, 15) is 0 Å². The summed E-state index contributed by atoms with van der Waals surface area (Å²) in [4.78, 5) is 0. The predicted octanol–water partition coefficient (Wildman–Crippen LogP) is 3.56. The number of benzene rings is 1. The van der Waals surface area contributed by atoms with Crippen LogP contribution in [0.5, 0.6) is 0 Å². The quantitative estimate of drug-likeness (QED) is 0.856. The van der Waals surface area contributed by atoms with Gasteiger partial charge in [0.05, 0.1) is 5.54 Å². The minimum Gasteiger partial charge on any atom is -0.378 e. The average molecular weight is 246 g/mol. The Labute approximate surface area is 111 Å². The van der Waals surface area contributed by atoms with Crippen LogP contribution in [0.15, 0.2) is 24.3 Å². The van der Waals surface area contributed by atoms with Crippen molar-refractivity contribution in [1.82, 2.24) is 0 Å². The van der Waals surface area contributed by atoms with Gasteiger partial charge in [-0.15, -0.1) is 0 Å². The highest BCUT2D eigenvalue weighted by Gasteiger charge is 2.39. The summed E-state index contributed by atoms with van der Waals surface area (Å²) >= 11 is 0. The molecule has 0 heterocycles. The van der Waals surface area contributed by atoms with E-state index < -0.39 is 0 Å². The molecule has 3 N–H and O–H groups in total. The van der Waals surface area contributed by atoms with Gasteiger partial charge in [-0.25, -0.2) is 0 Å². The third-order valence-electron chi connectivity index (χ3n) is 4.68. The lowest BCUT2D eigenvalue weighted by atomic mass is 9.69. The van der Waals surface area contributed by atoms with Crippen molar-refractivity contribution in [2.45, 2.75) is 45.6 Å². The summed E-state index contributed by atoms with van der Waals surface area (Å²) in [5, 5.41) is 3.76. The van der Waals surface area contributed by atoms with Crippen LogP contribution in [0.4, 0.5) is 5.69 Å². The van der Waals surface area contributed by atoms with Crippen molar-refractivity contribution in [3.8, 4) is 0 Å². The number of anilines is 1. The maximum Gasteiger partial charge on any atom is 0.0521 e. The molecule has 0 saturated heterocycles. The fourth-order valence-corrected chi connectivity index (χ4v) is 3.22.